The highest BCUT2D eigenvalue weighted by Gasteiger charge is 2.24. The molecule has 0 unspecified atom stereocenters. The molecular formula is C13H17NO3. The third-order valence-electron chi connectivity index (χ3n) is 2.80. The highest BCUT2D eigenvalue weighted by atomic mass is 16.5. The van der Waals surface area contributed by atoms with Crippen molar-refractivity contribution in [2.45, 2.75) is 25.7 Å². The van der Waals surface area contributed by atoms with E-state index in [1.54, 1.807) is 0 Å². The molecule has 1 fully saturated rings. The molecule has 1 aromatic carbocycles. The van der Waals surface area contributed by atoms with Gasteiger partial charge in [0.1, 0.15) is 6.61 Å². The van der Waals surface area contributed by atoms with E-state index >= 15 is 0 Å². The lowest BCUT2D eigenvalue weighted by Crippen LogP contribution is -2.51. The van der Waals surface area contributed by atoms with Crippen LogP contribution in [0.2, 0.25) is 0 Å². The minimum Gasteiger partial charge on any atom is -0.372 e. The van der Waals surface area contributed by atoms with E-state index in [0.29, 0.717) is 13.2 Å². The Morgan fingerprint density at radius 1 is 1.47 bits per heavy atom. The van der Waals surface area contributed by atoms with Crippen molar-refractivity contribution in [2.75, 3.05) is 13.2 Å². The summed E-state index contributed by atoms with van der Waals surface area (Å²) < 4.78 is 10.9. The van der Waals surface area contributed by atoms with Crippen LogP contribution in [0.5, 0.6) is 0 Å². The van der Waals surface area contributed by atoms with E-state index in [0.717, 1.165) is 5.56 Å². The number of nitrogens with one attached hydrogen (secondary N) is 1. The lowest BCUT2D eigenvalue weighted by atomic mass is 10.1. The van der Waals surface area contributed by atoms with Crippen molar-refractivity contribution in [1.29, 1.82) is 0 Å². The molecule has 1 saturated heterocycles. The fraction of sp³-hybridized carbons (Fsp3) is 0.462. The Bertz CT molecular complexity index is 366. The topological polar surface area (TPSA) is 47.6 Å². The molecule has 0 aliphatic carbocycles. The molecule has 17 heavy (non-hydrogen) atoms. The molecule has 2 atom stereocenters. The second kappa shape index (κ2) is 5.80. The molecule has 0 radical (unpaired) electrons. The van der Waals surface area contributed by atoms with Gasteiger partial charge in [-0.1, -0.05) is 30.3 Å². The Balaban J connectivity index is 1.80. The summed E-state index contributed by atoms with van der Waals surface area (Å²) in [7, 11) is 0. The van der Waals surface area contributed by atoms with Crippen LogP contribution in [0.4, 0.5) is 0 Å². The van der Waals surface area contributed by atoms with Gasteiger partial charge in [0.2, 0.25) is 5.91 Å². The summed E-state index contributed by atoms with van der Waals surface area (Å²) in [6, 6.07) is 9.91. The van der Waals surface area contributed by atoms with Crippen molar-refractivity contribution < 1.29 is 14.3 Å². The number of amides is 1. The summed E-state index contributed by atoms with van der Waals surface area (Å²) in [6.07, 6.45) is -0.0561. The molecule has 92 valence electrons. The second-order valence-electron chi connectivity index (χ2n) is 4.19. The van der Waals surface area contributed by atoms with Crippen molar-refractivity contribution in [2.24, 2.45) is 0 Å². The van der Waals surface area contributed by atoms with Gasteiger partial charge in [0.05, 0.1) is 25.4 Å². The quantitative estimate of drug-likeness (QED) is 0.850. The zero-order valence-corrected chi connectivity index (χ0v) is 9.89. The van der Waals surface area contributed by atoms with Gasteiger partial charge in [-0.2, -0.15) is 0 Å². The number of ether oxygens (including phenoxy) is 2. The van der Waals surface area contributed by atoms with Crippen LogP contribution in [0.3, 0.4) is 0 Å². The number of hydrogen-bond acceptors (Lipinski definition) is 3. The van der Waals surface area contributed by atoms with E-state index in [1.165, 1.54) is 0 Å². The second-order valence-corrected chi connectivity index (χ2v) is 4.19. The van der Waals surface area contributed by atoms with Crippen molar-refractivity contribution >= 4 is 5.91 Å². The first-order valence-electron chi connectivity index (χ1n) is 5.78. The Kier molecular flexibility index (Phi) is 4.12. The molecule has 4 nitrogen and oxygen atoms in total. The summed E-state index contributed by atoms with van der Waals surface area (Å²) in [5, 5.41) is 2.86. The summed E-state index contributed by atoms with van der Waals surface area (Å²) >= 11 is 0. The molecule has 0 bridgehead atoms. The van der Waals surface area contributed by atoms with Gasteiger partial charge in [-0.05, 0) is 12.5 Å². The standard InChI is InChI=1S/C13H17NO3/c1-10(12-8-16-9-13(15)14-12)17-7-11-5-3-2-4-6-11/h2-6,10,12H,7-9H2,1H3,(H,14,15)/t10-,12-/m1/s1. The molecule has 1 aliphatic heterocycles. The summed E-state index contributed by atoms with van der Waals surface area (Å²) in [4.78, 5) is 11.2. The largest absolute Gasteiger partial charge is 0.372 e. The maximum atomic E-state index is 11.2. The third kappa shape index (κ3) is 3.54. The minimum atomic E-state index is -0.0728. The maximum absolute atomic E-state index is 11.2. The molecule has 2 rings (SSSR count). The summed E-state index contributed by atoms with van der Waals surface area (Å²) in [6.45, 7) is 3.17. The predicted molar refractivity (Wildman–Crippen MR) is 63.4 cm³/mol. The van der Waals surface area contributed by atoms with Crippen molar-refractivity contribution in [3.8, 4) is 0 Å². The zero-order chi connectivity index (χ0) is 12.1. The maximum Gasteiger partial charge on any atom is 0.246 e. The van der Waals surface area contributed by atoms with Crippen LogP contribution < -0.4 is 5.32 Å². The number of benzene rings is 1. The number of hydrogen-bond donors (Lipinski definition) is 1. The van der Waals surface area contributed by atoms with Crippen LogP contribution in [0.1, 0.15) is 12.5 Å². The van der Waals surface area contributed by atoms with Crippen LogP contribution in [-0.4, -0.2) is 31.3 Å². The first-order valence-corrected chi connectivity index (χ1v) is 5.78. The lowest BCUT2D eigenvalue weighted by Gasteiger charge is -2.28. The van der Waals surface area contributed by atoms with Crippen LogP contribution in [0, 0.1) is 0 Å². The van der Waals surface area contributed by atoms with E-state index in [9.17, 15) is 4.79 Å². The van der Waals surface area contributed by atoms with E-state index in [2.05, 4.69) is 5.32 Å². The monoisotopic (exact) mass is 235 g/mol. The molecule has 0 aromatic heterocycles. The third-order valence-corrected chi connectivity index (χ3v) is 2.80. The summed E-state index contributed by atoms with van der Waals surface area (Å²) in [5.41, 5.74) is 1.13. The zero-order valence-electron chi connectivity index (χ0n) is 9.89. The molecule has 1 aliphatic rings. The van der Waals surface area contributed by atoms with Crippen LogP contribution in [-0.2, 0) is 20.9 Å². The van der Waals surface area contributed by atoms with Gasteiger partial charge in [0.25, 0.3) is 0 Å². The Hall–Kier alpha value is -1.39. The minimum absolute atomic E-state index is 0.0556. The number of carbonyl (C=O) groups excluding carboxylic acids is 1. The Morgan fingerprint density at radius 3 is 2.94 bits per heavy atom. The molecule has 0 spiro atoms. The Labute approximate surface area is 101 Å². The van der Waals surface area contributed by atoms with Gasteiger partial charge in [-0.25, -0.2) is 0 Å². The molecule has 0 saturated carbocycles. The van der Waals surface area contributed by atoms with Crippen LogP contribution >= 0.6 is 0 Å². The SMILES string of the molecule is C[C@@H](OCc1ccccc1)[C@H]1COCC(=O)N1. The van der Waals surface area contributed by atoms with Crippen molar-refractivity contribution in [1.82, 2.24) is 5.32 Å². The van der Waals surface area contributed by atoms with Gasteiger partial charge >= 0.3 is 0 Å². The lowest BCUT2D eigenvalue weighted by molar-refractivity contribution is -0.134. The highest BCUT2D eigenvalue weighted by molar-refractivity contribution is 5.78. The summed E-state index contributed by atoms with van der Waals surface area (Å²) in [5.74, 6) is -0.0728. The molecule has 1 heterocycles. The molecule has 1 N–H and O–H groups in total. The average molecular weight is 235 g/mol. The molecular weight excluding hydrogens is 218 g/mol. The first kappa shape index (κ1) is 12.1. The van der Waals surface area contributed by atoms with Gasteiger partial charge in [-0.15, -0.1) is 0 Å². The van der Waals surface area contributed by atoms with Gasteiger partial charge in [-0.3, -0.25) is 4.79 Å². The van der Waals surface area contributed by atoms with E-state index < -0.39 is 0 Å². The fourth-order valence-corrected chi connectivity index (χ4v) is 1.74. The van der Waals surface area contributed by atoms with E-state index in [1.807, 2.05) is 37.3 Å². The van der Waals surface area contributed by atoms with Crippen molar-refractivity contribution in [3.63, 3.8) is 0 Å². The molecule has 1 amide bonds. The van der Waals surface area contributed by atoms with E-state index in [4.69, 9.17) is 9.47 Å². The Morgan fingerprint density at radius 2 is 2.24 bits per heavy atom. The van der Waals surface area contributed by atoms with Gasteiger partial charge in [0.15, 0.2) is 0 Å². The number of carbonyl (C=O) groups is 1. The van der Waals surface area contributed by atoms with Gasteiger partial charge in [0, 0.05) is 0 Å². The molecule has 4 heteroatoms. The first-order chi connectivity index (χ1) is 8.25. The smallest absolute Gasteiger partial charge is 0.246 e. The fourth-order valence-electron chi connectivity index (χ4n) is 1.74. The predicted octanol–water partition coefficient (Wildman–Crippen LogP) is 1.11. The highest BCUT2D eigenvalue weighted by Crippen LogP contribution is 2.08. The molecule has 1 aromatic rings. The van der Waals surface area contributed by atoms with Crippen LogP contribution in [0.15, 0.2) is 30.3 Å². The number of rotatable bonds is 4. The number of morpholine rings is 1. The average Bonchev–Trinajstić information content (AvgIpc) is 2.37. The van der Waals surface area contributed by atoms with E-state index in [-0.39, 0.29) is 24.7 Å². The van der Waals surface area contributed by atoms with Gasteiger partial charge < -0.3 is 14.8 Å². The normalized spacial score (nSPS) is 21.9. The van der Waals surface area contributed by atoms with Crippen molar-refractivity contribution in [3.05, 3.63) is 35.9 Å². The van der Waals surface area contributed by atoms with Crippen LogP contribution in [0.25, 0.3) is 0 Å².